The molecule has 3 nitrogen and oxygen atoms in total. The summed E-state index contributed by atoms with van der Waals surface area (Å²) in [6.07, 6.45) is 17.5. The van der Waals surface area contributed by atoms with Crippen LogP contribution in [0.2, 0.25) is 4.22 Å². The zero-order valence-corrected chi connectivity index (χ0v) is 23.1. The fourth-order valence-electron chi connectivity index (χ4n) is 4.69. The molecule has 0 aliphatic heterocycles. The Kier molecular flexibility index (Phi) is 19.0. The molecule has 0 aliphatic rings. The van der Waals surface area contributed by atoms with E-state index in [1.165, 1.54) is 38.5 Å². The van der Waals surface area contributed by atoms with Crippen molar-refractivity contribution < 1.29 is 31.0 Å². The van der Waals surface area contributed by atoms with E-state index >= 15 is 0 Å². The molecule has 0 aromatic carbocycles. The standard InChI is InChI=1S/3C8H15O.C3H7.Ti/c3*1-2-3-4-5-6-7-8-9;1-3-2;/h3*2-7H2,1H3;3H,1-2H3;. The van der Waals surface area contributed by atoms with Gasteiger partial charge in [0, 0.05) is 0 Å². The van der Waals surface area contributed by atoms with E-state index in [2.05, 4.69) is 20.8 Å². The Morgan fingerprint density at radius 2 is 0.742 bits per heavy atom. The third-order valence-electron chi connectivity index (χ3n) is 6.71. The van der Waals surface area contributed by atoms with E-state index in [1.54, 1.807) is 0 Å². The summed E-state index contributed by atoms with van der Waals surface area (Å²) in [6, 6.07) is 0. The summed E-state index contributed by atoms with van der Waals surface area (Å²) in [6.45, 7) is 10.5. The van der Waals surface area contributed by atoms with Crippen molar-refractivity contribution in [1.29, 1.82) is 0 Å². The monoisotopic (exact) mass is 472 g/mol. The van der Waals surface area contributed by atoms with Crippen molar-refractivity contribution in [1.82, 2.24) is 0 Å². The van der Waals surface area contributed by atoms with E-state index in [0.29, 0.717) is 19.3 Å². The number of carbonyl (C=O) groups is 3. The molecule has 0 unspecified atom stereocenters. The van der Waals surface area contributed by atoms with E-state index < -0.39 is 16.6 Å². The van der Waals surface area contributed by atoms with Crippen molar-refractivity contribution >= 4 is 12.3 Å². The first-order valence-corrected chi connectivity index (χ1v) is 16.7. The van der Waals surface area contributed by atoms with Crippen molar-refractivity contribution in [2.75, 3.05) is 0 Å². The molecule has 0 heterocycles. The quantitative estimate of drug-likeness (QED) is 0.117. The molecule has 0 N–H and O–H groups in total. The Morgan fingerprint density at radius 3 is 0.968 bits per heavy atom. The molecule has 4 heteroatoms. The molecule has 0 aromatic heterocycles. The summed E-state index contributed by atoms with van der Waals surface area (Å²) < 4.78 is 0.185. The van der Waals surface area contributed by atoms with Crippen LogP contribution >= 0.6 is 0 Å². The second-order valence-corrected chi connectivity index (χ2v) is 16.7. The van der Waals surface area contributed by atoms with E-state index in [-0.39, 0.29) is 16.5 Å². The molecule has 0 bridgehead atoms. The Labute approximate surface area is 197 Å². The summed E-state index contributed by atoms with van der Waals surface area (Å²) in [5.74, 6) is 0. The van der Waals surface area contributed by atoms with Gasteiger partial charge in [0.25, 0.3) is 0 Å². The topological polar surface area (TPSA) is 51.2 Å². The Morgan fingerprint density at radius 1 is 0.484 bits per heavy atom. The van der Waals surface area contributed by atoms with E-state index in [9.17, 15) is 14.4 Å². The first-order valence-electron chi connectivity index (χ1n) is 13.5. The van der Waals surface area contributed by atoms with Gasteiger partial charge in [0.1, 0.15) is 0 Å². The normalized spacial score (nSPS) is 11.8. The fourth-order valence-corrected chi connectivity index (χ4v) is 11.8. The first-order chi connectivity index (χ1) is 14.9. The molecule has 0 rings (SSSR count). The molecule has 0 aromatic rings. The zero-order chi connectivity index (χ0) is 23.5. The Bertz CT molecular complexity index is 434. The van der Waals surface area contributed by atoms with Gasteiger partial charge >= 0.3 is 198 Å². The van der Waals surface area contributed by atoms with Crippen LogP contribution in [0.3, 0.4) is 0 Å². The van der Waals surface area contributed by atoms with Gasteiger partial charge < -0.3 is 0 Å². The van der Waals surface area contributed by atoms with Crippen LogP contribution in [-0.4, -0.2) is 12.3 Å². The summed E-state index contributed by atoms with van der Waals surface area (Å²) >= 11 is -3.97. The SMILES string of the molecule is CCCCCCC[C](=O)[Ti]([C](=O)CCCCCCC)([C](=O)CCCCCCC)[CH](C)C. The van der Waals surface area contributed by atoms with Gasteiger partial charge in [-0.25, -0.2) is 0 Å². The van der Waals surface area contributed by atoms with Gasteiger partial charge in [0.15, 0.2) is 0 Å². The van der Waals surface area contributed by atoms with Crippen LogP contribution in [-0.2, 0) is 31.0 Å². The number of unbranched alkanes of at least 4 members (excludes halogenated alkanes) is 12. The van der Waals surface area contributed by atoms with Gasteiger partial charge in [0.2, 0.25) is 0 Å². The average molecular weight is 473 g/mol. The Hall–Kier alpha value is -0.276. The first kappa shape index (κ1) is 30.7. The second kappa shape index (κ2) is 19.2. The summed E-state index contributed by atoms with van der Waals surface area (Å²) in [5, 5.41) is 0. The van der Waals surface area contributed by atoms with Gasteiger partial charge in [-0.2, -0.15) is 0 Å². The molecule has 0 saturated heterocycles. The number of carbonyl (C=O) groups excluding carboxylic acids is 3. The molecule has 0 saturated carbocycles. The van der Waals surface area contributed by atoms with Gasteiger partial charge in [-0.1, -0.05) is 0 Å². The maximum absolute atomic E-state index is 13.5. The number of hydrogen-bond acceptors (Lipinski definition) is 3. The van der Waals surface area contributed by atoms with Crippen LogP contribution in [0.1, 0.15) is 150 Å². The van der Waals surface area contributed by atoms with E-state index in [1.807, 2.05) is 13.8 Å². The molecule has 0 atom stereocenters. The molecule has 31 heavy (non-hydrogen) atoms. The van der Waals surface area contributed by atoms with Crippen molar-refractivity contribution in [2.24, 2.45) is 0 Å². The van der Waals surface area contributed by atoms with Crippen LogP contribution in [0.5, 0.6) is 0 Å². The molecular weight excluding hydrogens is 420 g/mol. The van der Waals surface area contributed by atoms with Crippen molar-refractivity contribution in [2.45, 2.75) is 154 Å². The van der Waals surface area contributed by atoms with Crippen LogP contribution < -0.4 is 0 Å². The molecule has 0 radical (unpaired) electrons. The van der Waals surface area contributed by atoms with Crippen molar-refractivity contribution in [3.8, 4) is 0 Å². The van der Waals surface area contributed by atoms with Gasteiger partial charge in [0.05, 0.1) is 0 Å². The molecule has 0 amide bonds. The van der Waals surface area contributed by atoms with Crippen LogP contribution in [0.15, 0.2) is 0 Å². The minimum atomic E-state index is -3.97. The minimum absolute atomic E-state index is 0.0746. The molecule has 182 valence electrons. The molecular formula is C27H52O3Ti. The van der Waals surface area contributed by atoms with Gasteiger partial charge in [-0.05, 0) is 0 Å². The second-order valence-electron chi connectivity index (χ2n) is 9.72. The predicted octanol–water partition coefficient (Wildman–Crippen LogP) is 8.63. The third kappa shape index (κ3) is 11.4. The number of rotatable bonds is 22. The molecule has 0 spiro atoms. The van der Waals surface area contributed by atoms with Crippen molar-refractivity contribution in [3.63, 3.8) is 0 Å². The van der Waals surface area contributed by atoms with E-state index in [4.69, 9.17) is 0 Å². The molecule has 0 aliphatic carbocycles. The van der Waals surface area contributed by atoms with Crippen LogP contribution in [0.25, 0.3) is 0 Å². The molecule has 0 fully saturated rings. The summed E-state index contributed by atoms with van der Waals surface area (Å²) in [4.78, 5) is 40.6. The van der Waals surface area contributed by atoms with E-state index in [0.717, 1.165) is 57.8 Å². The predicted molar refractivity (Wildman–Crippen MR) is 130 cm³/mol. The van der Waals surface area contributed by atoms with Crippen LogP contribution in [0.4, 0.5) is 0 Å². The van der Waals surface area contributed by atoms with Crippen LogP contribution in [0, 0.1) is 0 Å². The summed E-state index contributed by atoms with van der Waals surface area (Å²) in [5.41, 5.74) is 0. The maximum atomic E-state index is 13.5. The number of hydrogen-bond donors (Lipinski definition) is 0. The Balaban J connectivity index is 5.27. The zero-order valence-electron chi connectivity index (χ0n) is 21.5. The third-order valence-corrected chi connectivity index (χ3v) is 14.7. The van der Waals surface area contributed by atoms with Gasteiger partial charge in [-0.15, -0.1) is 0 Å². The average Bonchev–Trinajstić information content (AvgIpc) is 2.73. The summed E-state index contributed by atoms with van der Waals surface area (Å²) in [7, 11) is 0. The fraction of sp³-hybridized carbons (Fsp3) is 0.889. The van der Waals surface area contributed by atoms with Gasteiger partial charge in [-0.3, -0.25) is 0 Å². The van der Waals surface area contributed by atoms with Crippen molar-refractivity contribution in [3.05, 3.63) is 0 Å².